The van der Waals surface area contributed by atoms with Crippen LogP contribution in [0.15, 0.2) is 64.3 Å². The average Bonchev–Trinajstić information content (AvgIpc) is 3.65. The van der Waals surface area contributed by atoms with Gasteiger partial charge in [0.25, 0.3) is 11.5 Å². The average molecular weight is 699 g/mol. The number of aryl methyl sites for hydroxylation is 1. The number of carbonyl (C=O) groups excluding carboxylic acids is 3. The summed E-state index contributed by atoms with van der Waals surface area (Å²) >= 11 is 0. The molecule has 1 saturated heterocycles. The van der Waals surface area contributed by atoms with Crippen molar-refractivity contribution in [1.82, 2.24) is 19.4 Å². The Morgan fingerprint density at radius 3 is 2.02 bits per heavy atom. The molecular formula is C34H27F5N4O7. The number of hydrogen-bond acceptors (Lipinski definition) is 7. The van der Waals surface area contributed by atoms with Crippen molar-refractivity contribution in [2.75, 3.05) is 19.7 Å². The van der Waals surface area contributed by atoms with Crippen molar-refractivity contribution in [1.29, 1.82) is 0 Å². The number of ether oxygens (including phenoxy) is 2. The lowest BCUT2D eigenvalue weighted by molar-refractivity contribution is 0.0885. The highest BCUT2D eigenvalue weighted by Gasteiger charge is 2.38. The Morgan fingerprint density at radius 1 is 0.860 bits per heavy atom. The smallest absolute Gasteiger partial charge is 0.415 e. The third-order valence-electron chi connectivity index (χ3n) is 8.80. The topological polar surface area (TPSA) is 129 Å². The number of carbonyl (C=O) groups is 3. The van der Waals surface area contributed by atoms with Crippen LogP contribution < -0.4 is 21.3 Å². The van der Waals surface area contributed by atoms with Gasteiger partial charge < -0.3 is 19.7 Å². The molecule has 1 N–H and O–H groups in total. The molecule has 3 aromatic carbocycles. The fraction of sp³-hybridized carbons (Fsp3) is 0.265. The Morgan fingerprint density at radius 2 is 1.42 bits per heavy atom. The maximum absolute atomic E-state index is 14.1. The van der Waals surface area contributed by atoms with Gasteiger partial charge in [-0.3, -0.25) is 14.2 Å². The number of alkyl carbamates (subject to hydrolysis) is 1. The minimum atomic E-state index is -2.43. The standard InChI is InChI=1S/C34H27F5N4O7/c1-16-13-42(18-11-17(2)41(14-18)34(48)50-30-28(38)26(36)25(35)27(37)29(30)39)33(47)43(31(16)45)24(44)12-40-32(46)49-15-23-21-9-5-3-7-19(21)20-8-4-6-10-22(20)23/h3-10,13,17-18,23H,11-12,14-15H2,1-2H3,(H,40,46)/t17-,18+/m1/s1. The molecule has 16 heteroatoms. The van der Waals surface area contributed by atoms with Crippen LogP contribution in [0.5, 0.6) is 5.75 Å². The van der Waals surface area contributed by atoms with Crippen molar-refractivity contribution in [3.05, 3.63) is 121 Å². The zero-order chi connectivity index (χ0) is 36.0. The van der Waals surface area contributed by atoms with Gasteiger partial charge in [0.15, 0.2) is 0 Å². The van der Waals surface area contributed by atoms with Crippen LogP contribution in [0.1, 0.15) is 46.8 Å². The highest BCUT2D eigenvalue weighted by Crippen LogP contribution is 2.44. The molecule has 1 fully saturated rings. The van der Waals surface area contributed by atoms with Crippen LogP contribution in [-0.2, 0) is 4.74 Å². The Labute approximate surface area is 279 Å². The van der Waals surface area contributed by atoms with Gasteiger partial charge in [-0.25, -0.2) is 27.6 Å². The van der Waals surface area contributed by atoms with Crippen LogP contribution in [0, 0.1) is 36.0 Å². The third-order valence-corrected chi connectivity index (χ3v) is 8.80. The second-order valence-electron chi connectivity index (χ2n) is 11.9. The molecule has 1 aliphatic carbocycles. The third kappa shape index (κ3) is 5.90. The van der Waals surface area contributed by atoms with Crippen LogP contribution in [0.4, 0.5) is 31.5 Å². The molecule has 2 atom stereocenters. The quantitative estimate of drug-likeness (QED) is 0.170. The van der Waals surface area contributed by atoms with E-state index in [2.05, 4.69) is 10.1 Å². The van der Waals surface area contributed by atoms with E-state index in [0.29, 0.717) is 4.57 Å². The number of halogens is 5. The van der Waals surface area contributed by atoms with E-state index in [1.54, 1.807) is 0 Å². The van der Waals surface area contributed by atoms with Crippen molar-refractivity contribution < 1.29 is 45.8 Å². The molecule has 1 aliphatic heterocycles. The summed E-state index contributed by atoms with van der Waals surface area (Å²) in [5.41, 5.74) is 1.85. The summed E-state index contributed by atoms with van der Waals surface area (Å²) in [6.45, 7) is 1.61. The number of likely N-dealkylation sites (tertiary alicyclic amines) is 1. The summed E-state index contributed by atoms with van der Waals surface area (Å²) in [4.78, 5) is 65.7. The summed E-state index contributed by atoms with van der Waals surface area (Å²) in [6, 6.07) is 13.7. The SMILES string of the molecule is Cc1cn([C@H]2C[C@@H](C)N(C(=O)Oc3c(F)c(F)c(F)c(F)c3F)C2)c(=O)n(C(=O)CNC(=O)OCC2c3ccccc3-c3ccccc32)c1=O. The predicted molar refractivity (Wildman–Crippen MR) is 165 cm³/mol. The van der Waals surface area contributed by atoms with E-state index in [1.165, 1.54) is 13.8 Å². The normalized spacial score (nSPS) is 16.6. The van der Waals surface area contributed by atoms with Crippen molar-refractivity contribution in [2.45, 2.75) is 38.3 Å². The number of nitrogens with one attached hydrogen (secondary N) is 1. The van der Waals surface area contributed by atoms with E-state index in [-0.39, 0.29) is 31.1 Å². The molecule has 4 aromatic rings. The molecule has 11 nitrogen and oxygen atoms in total. The summed E-state index contributed by atoms with van der Waals surface area (Å²) in [5.74, 6) is -14.9. The fourth-order valence-corrected chi connectivity index (χ4v) is 6.33. The summed E-state index contributed by atoms with van der Waals surface area (Å²) < 4.78 is 80.2. The molecule has 0 bridgehead atoms. The summed E-state index contributed by atoms with van der Waals surface area (Å²) in [6.07, 6.45) is -1.27. The minimum Gasteiger partial charge on any atom is -0.449 e. The number of benzene rings is 3. The number of fused-ring (bicyclic) bond motifs is 3. The number of amides is 2. The van der Waals surface area contributed by atoms with Gasteiger partial charge >= 0.3 is 17.9 Å². The molecule has 1 aromatic heterocycles. The molecule has 6 rings (SSSR count). The van der Waals surface area contributed by atoms with Gasteiger partial charge in [0, 0.05) is 30.3 Å². The number of hydrogen-bond donors (Lipinski definition) is 1. The van der Waals surface area contributed by atoms with Crippen molar-refractivity contribution in [2.24, 2.45) is 0 Å². The van der Waals surface area contributed by atoms with Crippen LogP contribution in [0.25, 0.3) is 11.1 Å². The first-order valence-corrected chi connectivity index (χ1v) is 15.3. The van der Waals surface area contributed by atoms with Crippen LogP contribution in [0.3, 0.4) is 0 Å². The summed E-state index contributed by atoms with van der Waals surface area (Å²) in [7, 11) is 0. The molecule has 0 spiro atoms. The van der Waals surface area contributed by atoms with Gasteiger partial charge in [0.1, 0.15) is 13.2 Å². The fourth-order valence-electron chi connectivity index (χ4n) is 6.33. The monoisotopic (exact) mass is 698 g/mol. The largest absolute Gasteiger partial charge is 0.449 e. The Bertz CT molecular complexity index is 2110. The Kier molecular flexibility index (Phi) is 9.03. The van der Waals surface area contributed by atoms with E-state index in [1.807, 2.05) is 48.5 Å². The first-order chi connectivity index (χ1) is 23.8. The lowest BCUT2D eigenvalue weighted by Gasteiger charge is -2.21. The number of rotatable bonds is 6. The molecule has 260 valence electrons. The van der Waals surface area contributed by atoms with Crippen molar-refractivity contribution in [3.8, 4) is 16.9 Å². The maximum Gasteiger partial charge on any atom is 0.415 e. The summed E-state index contributed by atoms with van der Waals surface area (Å²) in [5, 5.41) is 2.26. The minimum absolute atomic E-state index is 0.00987. The van der Waals surface area contributed by atoms with E-state index < -0.39 is 82.8 Å². The molecule has 2 heterocycles. The second kappa shape index (κ2) is 13.2. The van der Waals surface area contributed by atoms with Gasteiger partial charge in [-0.05, 0) is 42.5 Å². The number of nitrogens with zero attached hydrogens (tertiary/aromatic N) is 3. The Balaban J connectivity index is 1.13. The van der Waals surface area contributed by atoms with Crippen molar-refractivity contribution >= 4 is 18.1 Å². The van der Waals surface area contributed by atoms with Gasteiger partial charge in [0.05, 0.1) is 6.04 Å². The molecule has 0 radical (unpaired) electrons. The van der Waals surface area contributed by atoms with Crippen LogP contribution in [0.2, 0.25) is 0 Å². The Hall–Kier alpha value is -5.80. The molecule has 0 saturated carbocycles. The number of aromatic nitrogens is 2. The molecule has 2 aliphatic rings. The van der Waals surface area contributed by atoms with Gasteiger partial charge in [-0.15, -0.1) is 0 Å². The van der Waals surface area contributed by atoms with E-state index >= 15 is 0 Å². The van der Waals surface area contributed by atoms with E-state index in [0.717, 1.165) is 37.9 Å². The zero-order valence-corrected chi connectivity index (χ0v) is 26.3. The van der Waals surface area contributed by atoms with Gasteiger partial charge in [0.2, 0.25) is 34.8 Å². The zero-order valence-electron chi connectivity index (χ0n) is 26.3. The predicted octanol–water partition coefficient (Wildman–Crippen LogP) is 5.03. The lowest BCUT2D eigenvalue weighted by Crippen LogP contribution is -2.48. The molecule has 50 heavy (non-hydrogen) atoms. The first kappa shape index (κ1) is 34.1. The second-order valence-corrected chi connectivity index (χ2v) is 11.9. The van der Waals surface area contributed by atoms with E-state index in [4.69, 9.17) is 4.74 Å². The first-order valence-electron chi connectivity index (χ1n) is 15.3. The van der Waals surface area contributed by atoms with Gasteiger partial charge in [-0.2, -0.15) is 13.3 Å². The van der Waals surface area contributed by atoms with Gasteiger partial charge in [-0.1, -0.05) is 48.5 Å². The highest BCUT2D eigenvalue weighted by molar-refractivity contribution is 5.84. The molecule has 0 unspecified atom stereocenters. The molecule has 2 amide bonds. The van der Waals surface area contributed by atoms with E-state index in [9.17, 15) is 45.9 Å². The van der Waals surface area contributed by atoms with Crippen LogP contribution in [-0.4, -0.2) is 57.9 Å². The lowest BCUT2D eigenvalue weighted by atomic mass is 9.98. The molecular weight excluding hydrogens is 671 g/mol. The van der Waals surface area contributed by atoms with Crippen LogP contribution >= 0.6 is 0 Å². The highest BCUT2D eigenvalue weighted by atomic mass is 19.2. The maximum atomic E-state index is 14.1. The van der Waals surface area contributed by atoms with Crippen molar-refractivity contribution in [3.63, 3.8) is 0 Å².